The van der Waals surface area contributed by atoms with E-state index >= 15 is 0 Å². The first-order valence-corrected chi connectivity index (χ1v) is 9.25. The zero-order valence-electron chi connectivity index (χ0n) is 16.3. The van der Waals surface area contributed by atoms with Gasteiger partial charge in [-0.1, -0.05) is 35.9 Å². The van der Waals surface area contributed by atoms with Crippen LogP contribution in [-0.4, -0.2) is 20.4 Å². The first-order chi connectivity index (χ1) is 13.4. The summed E-state index contributed by atoms with van der Waals surface area (Å²) in [5.74, 6) is -0.138. The Bertz CT molecular complexity index is 1010. The molecule has 0 aliphatic heterocycles. The molecule has 3 aromatic rings. The maximum Gasteiger partial charge on any atom is 0.347 e. The van der Waals surface area contributed by atoms with Crippen molar-refractivity contribution in [1.82, 2.24) is 19.9 Å². The molecule has 0 saturated heterocycles. The summed E-state index contributed by atoms with van der Waals surface area (Å²) in [5, 5.41) is 3.07. The van der Waals surface area contributed by atoms with Crippen molar-refractivity contribution in [2.24, 2.45) is 0 Å². The van der Waals surface area contributed by atoms with Crippen LogP contribution in [0.1, 0.15) is 40.5 Å². The topological polar surface area (TPSA) is 76.9 Å². The molecule has 0 saturated carbocycles. The van der Waals surface area contributed by atoms with Gasteiger partial charge in [-0.05, 0) is 44.0 Å². The number of rotatable bonds is 6. The molecule has 0 radical (unpaired) electrons. The van der Waals surface area contributed by atoms with Gasteiger partial charge in [-0.2, -0.15) is 4.98 Å². The molecule has 1 atom stereocenters. The molecular weight excluding hydrogens is 352 g/mol. The van der Waals surface area contributed by atoms with E-state index in [4.69, 9.17) is 0 Å². The summed E-state index contributed by atoms with van der Waals surface area (Å²) < 4.78 is 1.53. The van der Waals surface area contributed by atoms with Crippen LogP contribution >= 0.6 is 0 Å². The number of pyridine rings is 1. The number of nitrogens with zero attached hydrogens (tertiary/aromatic N) is 3. The Balaban J connectivity index is 1.77. The van der Waals surface area contributed by atoms with E-state index in [-0.39, 0.29) is 30.6 Å². The van der Waals surface area contributed by atoms with Crippen molar-refractivity contribution in [1.29, 1.82) is 0 Å². The number of benzene rings is 1. The molecule has 2 heterocycles. The van der Waals surface area contributed by atoms with Crippen molar-refractivity contribution in [2.45, 2.75) is 39.8 Å². The van der Waals surface area contributed by atoms with E-state index in [2.05, 4.69) is 15.3 Å². The number of aromatic nitrogens is 3. The van der Waals surface area contributed by atoms with Gasteiger partial charge in [-0.25, -0.2) is 4.79 Å². The Labute approximate surface area is 164 Å². The predicted octanol–water partition coefficient (Wildman–Crippen LogP) is 2.86. The molecule has 1 aromatic carbocycles. The molecule has 144 valence electrons. The summed E-state index contributed by atoms with van der Waals surface area (Å²) in [4.78, 5) is 32.9. The second-order valence-corrected chi connectivity index (χ2v) is 6.92. The van der Waals surface area contributed by atoms with E-state index in [9.17, 15) is 9.59 Å². The van der Waals surface area contributed by atoms with Gasteiger partial charge >= 0.3 is 5.69 Å². The highest BCUT2D eigenvalue weighted by atomic mass is 16.2. The van der Waals surface area contributed by atoms with Crippen LogP contribution in [0.3, 0.4) is 0 Å². The Hall–Kier alpha value is -3.28. The molecule has 0 aliphatic rings. The molecule has 1 amide bonds. The van der Waals surface area contributed by atoms with E-state index < -0.39 is 0 Å². The van der Waals surface area contributed by atoms with Gasteiger partial charge in [0.2, 0.25) is 5.91 Å². The molecule has 1 N–H and O–H groups in total. The summed E-state index contributed by atoms with van der Waals surface area (Å²) in [5.41, 5.74) is 4.20. The second kappa shape index (κ2) is 8.61. The minimum Gasteiger partial charge on any atom is -0.345 e. The average molecular weight is 376 g/mol. The van der Waals surface area contributed by atoms with Gasteiger partial charge in [0, 0.05) is 36.7 Å². The maximum absolute atomic E-state index is 12.7. The van der Waals surface area contributed by atoms with Crippen molar-refractivity contribution in [2.75, 3.05) is 0 Å². The summed E-state index contributed by atoms with van der Waals surface area (Å²) in [6.07, 6.45) is 3.65. The number of carbonyl (C=O) groups is 1. The third kappa shape index (κ3) is 4.71. The first-order valence-electron chi connectivity index (χ1n) is 9.25. The molecule has 0 bridgehead atoms. The van der Waals surface area contributed by atoms with Gasteiger partial charge < -0.3 is 5.32 Å². The molecule has 0 spiro atoms. The van der Waals surface area contributed by atoms with Crippen LogP contribution in [0.5, 0.6) is 0 Å². The van der Waals surface area contributed by atoms with Gasteiger partial charge in [0.05, 0.1) is 6.04 Å². The predicted molar refractivity (Wildman–Crippen MR) is 108 cm³/mol. The van der Waals surface area contributed by atoms with Crippen molar-refractivity contribution in [3.63, 3.8) is 0 Å². The zero-order valence-corrected chi connectivity index (χ0v) is 16.3. The van der Waals surface area contributed by atoms with E-state index in [1.807, 2.05) is 56.3 Å². The SMILES string of the molecule is Cc1ccc(C(NC(=O)CCn2c(C)cc(C)nc2=O)c2cccnc2)cc1. The molecule has 6 nitrogen and oxygen atoms in total. The third-order valence-corrected chi connectivity index (χ3v) is 4.64. The van der Waals surface area contributed by atoms with Crippen molar-refractivity contribution < 1.29 is 4.79 Å². The first kappa shape index (κ1) is 19.5. The van der Waals surface area contributed by atoms with Crippen molar-refractivity contribution in [3.05, 3.63) is 93.4 Å². The van der Waals surface area contributed by atoms with Gasteiger partial charge in [0.15, 0.2) is 0 Å². The number of hydrogen-bond acceptors (Lipinski definition) is 4. The number of nitrogens with one attached hydrogen (secondary N) is 1. The van der Waals surface area contributed by atoms with E-state index in [1.54, 1.807) is 19.3 Å². The normalized spacial score (nSPS) is 11.8. The summed E-state index contributed by atoms with van der Waals surface area (Å²) in [6.45, 7) is 5.94. The van der Waals surface area contributed by atoms with Gasteiger partial charge in [-0.3, -0.25) is 14.3 Å². The lowest BCUT2D eigenvalue weighted by Crippen LogP contribution is -2.32. The fourth-order valence-electron chi connectivity index (χ4n) is 3.16. The molecule has 3 rings (SSSR count). The Kier molecular flexibility index (Phi) is 5.99. The van der Waals surface area contributed by atoms with Gasteiger partial charge in [-0.15, -0.1) is 0 Å². The van der Waals surface area contributed by atoms with Crippen LogP contribution in [0.15, 0.2) is 59.7 Å². The zero-order chi connectivity index (χ0) is 20.1. The highest BCUT2D eigenvalue weighted by Crippen LogP contribution is 2.22. The third-order valence-electron chi connectivity index (χ3n) is 4.64. The molecule has 1 unspecified atom stereocenters. The van der Waals surface area contributed by atoms with E-state index in [1.165, 1.54) is 4.57 Å². The molecular formula is C22H24N4O2. The molecule has 2 aromatic heterocycles. The molecule has 0 aliphatic carbocycles. The fourth-order valence-corrected chi connectivity index (χ4v) is 3.16. The number of carbonyl (C=O) groups excluding carboxylic acids is 1. The number of aryl methyl sites for hydroxylation is 3. The Morgan fingerprint density at radius 1 is 1.11 bits per heavy atom. The highest BCUT2D eigenvalue weighted by Gasteiger charge is 2.17. The van der Waals surface area contributed by atoms with Crippen LogP contribution in [0.25, 0.3) is 0 Å². The summed E-state index contributed by atoms with van der Waals surface area (Å²) in [6, 6.07) is 13.4. The minimum absolute atomic E-state index is 0.138. The average Bonchev–Trinajstić information content (AvgIpc) is 2.67. The summed E-state index contributed by atoms with van der Waals surface area (Å²) in [7, 11) is 0. The lowest BCUT2D eigenvalue weighted by atomic mass is 9.99. The standard InChI is InChI=1S/C22H24N4O2/c1-15-6-8-18(9-7-15)21(19-5-4-11-23-14-19)25-20(27)10-12-26-17(3)13-16(2)24-22(26)28/h4-9,11,13-14,21H,10,12H2,1-3H3,(H,25,27). The molecule has 28 heavy (non-hydrogen) atoms. The lowest BCUT2D eigenvalue weighted by molar-refractivity contribution is -0.121. The minimum atomic E-state index is -0.326. The Morgan fingerprint density at radius 2 is 1.86 bits per heavy atom. The lowest BCUT2D eigenvalue weighted by Gasteiger charge is -2.20. The van der Waals surface area contributed by atoms with Crippen LogP contribution in [-0.2, 0) is 11.3 Å². The summed E-state index contributed by atoms with van der Waals surface area (Å²) >= 11 is 0. The highest BCUT2D eigenvalue weighted by molar-refractivity contribution is 5.77. The van der Waals surface area contributed by atoms with Gasteiger partial charge in [0.25, 0.3) is 0 Å². The van der Waals surface area contributed by atoms with Crippen LogP contribution in [0.2, 0.25) is 0 Å². The molecule has 6 heteroatoms. The van der Waals surface area contributed by atoms with E-state index in [0.29, 0.717) is 5.69 Å². The van der Waals surface area contributed by atoms with E-state index in [0.717, 1.165) is 22.4 Å². The monoisotopic (exact) mass is 376 g/mol. The Morgan fingerprint density at radius 3 is 2.50 bits per heavy atom. The molecule has 0 fully saturated rings. The fraction of sp³-hybridized carbons (Fsp3) is 0.273. The largest absolute Gasteiger partial charge is 0.347 e. The van der Waals surface area contributed by atoms with Crippen LogP contribution in [0.4, 0.5) is 0 Å². The van der Waals surface area contributed by atoms with Crippen LogP contribution < -0.4 is 11.0 Å². The van der Waals surface area contributed by atoms with Gasteiger partial charge in [0.1, 0.15) is 0 Å². The van der Waals surface area contributed by atoms with Crippen molar-refractivity contribution >= 4 is 5.91 Å². The quantitative estimate of drug-likeness (QED) is 0.718. The smallest absolute Gasteiger partial charge is 0.345 e. The second-order valence-electron chi connectivity index (χ2n) is 6.92. The maximum atomic E-state index is 12.7. The van der Waals surface area contributed by atoms with Crippen molar-refractivity contribution in [3.8, 4) is 0 Å². The van der Waals surface area contributed by atoms with Crippen LogP contribution in [0, 0.1) is 20.8 Å². The number of hydrogen-bond donors (Lipinski definition) is 1. The number of amides is 1.